The highest BCUT2D eigenvalue weighted by atomic mass is 35.5. The molecule has 2 aromatic rings. The minimum absolute atomic E-state index is 0.190. The molecule has 0 radical (unpaired) electrons. The summed E-state index contributed by atoms with van der Waals surface area (Å²) in [7, 11) is 1.29. The zero-order chi connectivity index (χ0) is 23.3. The molecule has 0 aliphatic carbocycles. The van der Waals surface area contributed by atoms with Crippen molar-refractivity contribution in [3.8, 4) is 5.75 Å². The lowest BCUT2D eigenvalue weighted by molar-refractivity contribution is -0.136. The summed E-state index contributed by atoms with van der Waals surface area (Å²) in [6.07, 6.45) is 1.64. The van der Waals surface area contributed by atoms with Gasteiger partial charge in [-0.25, -0.2) is 4.79 Å². The Morgan fingerprint density at radius 3 is 2.44 bits per heavy atom. The Morgan fingerprint density at radius 2 is 1.81 bits per heavy atom. The summed E-state index contributed by atoms with van der Waals surface area (Å²) >= 11 is 6.03. The molecule has 3 rings (SSSR count). The molecule has 0 aromatic heterocycles. The van der Waals surface area contributed by atoms with Gasteiger partial charge in [0, 0.05) is 12.2 Å². The number of carbonyl (C=O) groups excluding carboxylic acids is 3. The summed E-state index contributed by atoms with van der Waals surface area (Å²) in [5, 5.41) is 3.12. The van der Waals surface area contributed by atoms with E-state index in [4.69, 9.17) is 21.1 Å². The number of methoxy groups -OCH3 is 1. The molecule has 0 bridgehead atoms. The first-order valence-electron chi connectivity index (χ1n) is 9.96. The van der Waals surface area contributed by atoms with E-state index in [0.29, 0.717) is 34.3 Å². The fourth-order valence-corrected chi connectivity index (χ4v) is 3.52. The van der Waals surface area contributed by atoms with E-state index in [1.165, 1.54) is 12.0 Å². The van der Waals surface area contributed by atoms with E-state index in [0.717, 1.165) is 0 Å². The smallest absolute Gasteiger partial charge is 0.340 e. The molecule has 0 saturated carbocycles. The molecule has 1 aliphatic rings. The van der Waals surface area contributed by atoms with Gasteiger partial charge < -0.3 is 19.7 Å². The zero-order valence-electron chi connectivity index (χ0n) is 18.0. The second-order valence-electron chi connectivity index (χ2n) is 6.95. The Hall–Kier alpha value is -3.58. The first-order valence-corrected chi connectivity index (χ1v) is 10.3. The minimum atomic E-state index is -0.553. The van der Waals surface area contributed by atoms with Crippen LogP contribution >= 0.6 is 11.6 Å². The van der Waals surface area contributed by atoms with E-state index >= 15 is 0 Å². The van der Waals surface area contributed by atoms with Crippen molar-refractivity contribution in [2.24, 2.45) is 0 Å². The van der Waals surface area contributed by atoms with Gasteiger partial charge in [-0.1, -0.05) is 35.9 Å². The second-order valence-corrected chi connectivity index (χ2v) is 7.35. The summed E-state index contributed by atoms with van der Waals surface area (Å²) in [6.45, 7) is 3.82. The van der Waals surface area contributed by atoms with Crippen LogP contribution in [0.5, 0.6) is 5.75 Å². The molecular formula is C24H23ClN2O5. The maximum atomic E-state index is 12.7. The number of para-hydroxylation sites is 1. The van der Waals surface area contributed by atoms with Crippen molar-refractivity contribution in [2.45, 2.75) is 13.8 Å². The number of benzene rings is 2. The molecule has 0 saturated heterocycles. The average Bonchev–Trinajstić information content (AvgIpc) is 3.03. The highest BCUT2D eigenvalue weighted by molar-refractivity contribution is 6.33. The van der Waals surface area contributed by atoms with Crippen LogP contribution in [-0.4, -0.2) is 42.9 Å². The van der Waals surface area contributed by atoms with Gasteiger partial charge in [0.05, 0.1) is 29.0 Å². The van der Waals surface area contributed by atoms with E-state index in [9.17, 15) is 14.4 Å². The highest BCUT2D eigenvalue weighted by Gasteiger charge is 2.36. The Kier molecular flexibility index (Phi) is 7.33. The number of amides is 2. The predicted molar refractivity (Wildman–Crippen MR) is 122 cm³/mol. The average molecular weight is 455 g/mol. The SMILES string of the molecule is CCN1C(=O)/C(=C\c2ccc(OCC(=O)Nc3ccccc3Cl)cc2)C(C(=O)OC)=C1C. The zero-order valence-corrected chi connectivity index (χ0v) is 18.7. The van der Waals surface area contributed by atoms with Gasteiger partial charge in [0.15, 0.2) is 6.61 Å². The van der Waals surface area contributed by atoms with E-state index in [1.54, 1.807) is 61.5 Å². The number of likely N-dealkylation sites (N-methyl/N-ethyl adjacent to an activating group) is 1. The van der Waals surface area contributed by atoms with Crippen molar-refractivity contribution in [3.63, 3.8) is 0 Å². The molecule has 32 heavy (non-hydrogen) atoms. The van der Waals surface area contributed by atoms with Gasteiger partial charge in [0.25, 0.3) is 11.8 Å². The van der Waals surface area contributed by atoms with Gasteiger partial charge in [0.2, 0.25) is 0 Å². The number of nitrogens with zero attached hydrogens (tertiary/aromatic N) is 1. The van der Waals surface area contributed by atoms with Gasteiger partial charge in [-0.15, -0.1) is 0 Å². The summed E-state index contributed by atoms with van der Waals surface area (Å²) < 4.78 is 10.4. The number of allylic oxidation sites excluding steroid dienone is 1. The van der Waals surface area contributed by atoms with Crippen molar-refractivity contribution in [1.82, 2.24) is 4.90 Å². The predicted octanol–water partition coefficient (Wildman–Crippen LogP) is 4.05. The van der Waals surface area contributed by atoms with Crippen molar-refractivity contribution < 1.29 is 23.9 Å². The summed E-state index contributed by atoms with van der Waals surface area (Å²) in [6, 6.07) is 13.8. The fraction of sp³-hybridized carbons (Fsp3) is 0.208. The monoisotopic (exact) mass is 454 g/mol. The molecule has 0 unspecified atom stereocenters. The molecule has 2 amide bonds. The fourth-order valence-electron chi connectivity index (χ4n) is 3.33. The van der Waals surface area contributed by atoms with Crippen LogP contribution in [0.4, 0.5) is 5.69 Å². The maximum Gasteiger partial charge on any atom is 0.340 e. The number of hydrogen-bond donors (Lipinski definition) is 1. The van der Waals surface area contributed by atoms with Crippen molar-refractivity contribution >= 4 is 41.1 Å². The van der Waals surface area contributed by atoms with Crippen LogP contribution in [0.3, 0.4) is 0 Å². The van der Waals surface area contributed by atoms with Gasteiger partial charge >= 0.3 is 5.97 Å². The van der Waals surface area contributed by atoms with E-state index in [2.05, 4.69) is 5.32 Å². The molecule has 8 heteroatoms. The number of ether oxygens (including phenoxy) is 2. The summed E-state index contributed by atoms with van der Waals surface area (Å²) in [5.74, 6) is -0.664. The highest BCUT2D eigenvalue weighted by Crippen LogP contribution is 2.31. The van der Waals surface area contributed by atoms with Crippen LogP contribution in [0.15, 0.2) is 65.4 Å². The molecule has 166 valence electrons. The third kappa shape index (κ3) is 5.00. The van der Waals surface area contributed by atoms with Gasteiger partial charge in [-0.3, -0.25) is 9.59 Å². The van der Waals surface area contributed by atoms with Crippen molar-refractivity contribution in [3.05, 3.63) is 76.0 Å². The number of esters is 1. The lowest BCUT2D eigenvalue weighted by Crippen LogP contribution is -2.24. The summed E-state index contributed by atoms with van der Waals surface area (Å²) in [4.78, 5) is 38.6. The third-order valence-electron chi connectivity index (χ3n) is 4.93. The third-order valence-corrected chi connectivity index (χ3v) is 5.26. The van der Waals surface area contributed by atoms with E-state index < -0.39 is 5.97 Å². The number of rotatable bonds is 7. The van der Waals surface area contributed by atoms with Crippen LogP contribution < -0.4 is 10.1 Å². The Labute approximate surface area is 191 Å². The normalized spacial score (nSPS) is 14.7. The molecule has 7 nitrogen and oxygen atoms in total. The largest absolute Gasteiger partial charge is 0.484 e. The molecular weight excluding hydrogens is 432 g/mol. The number of hydrogen-bond acceptors (Lipinski definition) is 5. The lowest BCUT2D eigenvalue weighted by atomic mass is 10.0. The van der Waals surface area contributed by atoms with Crippen LogP contribution in [0.1, 0.15) is 19.4 Å². The van der Waals surface area contributed by atoms with Gasteiger partial charge in [0.1, 0.15) is 5.75 Å². The van der Waals surface area contributed by atoms with Crippen LogP contribution in [0.2, 0.25) is 5.02 Å². The number of carbonyl (C=O) groups is 3. The quantitative estimate of drug-likeness (QED) is 0.504. The van der Waals surface area contributed by atoms with Crippen LogP contribution in [-0.2, 0) is 19.1 Å². The molecule has 0 atom stereocenters. The van der Waals surface area contributed by atoms with Crippen LogP contribution in [0.25, 0.3) is 6.08 Å². The first-order chi connectivity index (χ1) is 15.3. The van der Waals surface area contributed by atoms with Crippen molar-refractivity contribution in [2.75, 3.05) is 25.6 Å². The molecule has 1 aliphatic heterocycles. The Bertz CT molecular complexity index is 1110. The minimum Gasteiger partial charge on any atom is -0.484 e. The molecule has 0 fully saturated rings. The number of halogens is 1. The van der Waals surface area contributed by atoms with Crippen molar-refractivity contribution in [1.29, 1.82) is 0 Å². The summed E-state index contributed by atoms with van der Waals surface area (Å²) in [5.41, 5.74) is 2.32. The maximum absolute atomic E-state index is 12.7. The topological polar surface area (TPSA) is 84.9 Å². The molecule has 0 spiro atoms. The Morgan fingerprint density at radius 1 is 1.12 bits per heavy atom. The van der Waals surface area contributed by atoms with Gasteiger partial charge in [-0.2, -0.15) is 0 Å². The van der Waals surface area contributed by atoms with E-state index in [-0.39, 0.29) is 29.6 Å². The molecule has 1 N–H and O–H groups in total. The first kappa shape index (κ1) is 23.1. The van der Waals surface area contributed by atoms with Crippen LogP contribution in [0, 0.1) is 0 Å². The molecule has 2 aromatic carbocycles. The Balaban J connectivity index is 1.69. The van der Waals surface area contributed by atoms with E-state index in [1.807, 2.05) is 6.92 Å². The second kappa shape index (κ2) is 10.2. The number of anilines is 1. The molecule has 1 heterocycles. The lowest BCUT2D eigenvalue weighted by Gasteiger charge is -2.14. The standard InChI is InChI=1S/C24H23ClN2O5/c1-4-27-15(2)22(24(30)31-3)18(23(27)29)13-16-9-11-17(12-10-16)32-14-21(28)26-20-8-6-5-7-19(20)25/h5-13H,4,14H2,1-3H3,(H,26,28)/b18-13-. The number of nitrogens with one attached hydrogen (secondary N) is 1. The van der Waals surface area contributed by atoms with Gasteiger partial charge in [-0.05, 0) is 49.8 Å².